The number of hydrogen-bond donors (Lipinski definition) is 2. The minimum atomic E-state index is 0.761. The van der Waals surface area contributed by atoms with Crippen molar-refractivity contribution in [2.75, 3.05) is 6.54 Å². The van der Waals surface area contributed by atoms with Crippen LogP contribution in [0.4, 0.5) is 0 Å². The first-order valence-electron chi connectivity index (χ1n) is 6.76. The van der Waals surface area contributed by atoms with Crippen molar-refractivity contribution in [3.05, 3.63) is 53.7 Å². The summed E-state index contributed by atoms with van der Waals surface area (Å²) in [5.41, 5.74) is 2.14. The van der Waals surface area contributed by atoms with Crippen LogP contribution >= 0.6 is 11.6 Å². The van der Waals surface area contributed by atoms with Gasteiger partial charge in [0.25, 0.3) is 0 Å². The van der Waals surface area contributed by atoms with E-state index in [0.29, 0.717) is 0 Å². The number of imidazole rings is 1. The molecule has 1 aromatic carbocycles. The Morgan fingerprint density at radius 2 is 2.20 bits per heavy atom. The number of hydrogen-bond acceptors (Lipinski definition) is 2. The molecule has 0 bridgehead atoms. The number of aryl methyl sites for hydroxylation is 1. The van der Waals surface area contributed by atoms with Crippen LogP contribution in [-0.4, -0.2) is 21.1 Å². The van der Waals surface area contributed by atoms with Gasteiger partial charge in [0.05, 0.1) is 11.3 Å². The van der Waals surface area contributed by atoms with E-state index in [9.17, 15) is 0 Å². The van der Waals surface area contributed by atoms with Gasteiger partial charge >= 0.3 is 0 Å². The highest BCUT2D eigenvalue weighted by Crippen LogP contribution is 2.26. The molecule has 3 aromatic rings. The zero-order valence-electron chi connectivity index (χ0n) is 11.1. The molecule has 0 aliphatic heterocycles. The standard InChI is InChI=1S/C15H17ClN4/c16-15-12-4-1-2-5-13(12)19-14(15)10-17-6-3-8-20-9-7-18-11-20/h1-2,4-5,7,9,11,17,19H,3,6,8,10H2. The zero-order valence-corrected chi connectivity index (χ0v) is 11.9. The number of para-hydroxylation sites is 1. The third-order valence-corrected chi connectivity index (χ3v) is 3.78. The molecular formula is C15H17ClN4. The van der Waals surface area contributed by atoms with Crippen LogP contribution in [0.3, 0.4) is 0 Å². The van der Waals surface area contributed by atoms with Crippen molar-refractivity contribution in [3.8, 4) is 0 Å². The number of aromatic amines is 1. The molecule has 0 spiro atoms. The van der Waals surface area contributed by atoms with E-state index in [0.717, 1.165) is 47.7 Å². The Bertz CT molecular complexity index is 672. The molecule has 104 valence electrons. The van der Waals surface area contributed by atoms with Crippen LogP contribution in [0, 0.1) is 0 Å². The van der Waals surface area contributed by atoms with E-state index in [2.05, 4.69) is 19.9 Å². The van der Waals surface area contributed by atoms with Gasteiger partial charge in [-0.05, 0) is 19.0 Å². The third kappa shape index (κ3) is 2.86. The Hall–Kier alpha value is -1.78. The number of nitrogens with one attached hydrogen (secondary N) is 2. The van der Waals surface area contributed by atoms with E-state index in [1.807, 2.05) is 36.8 Å². The first-order valence-corrected chi connectivity index (χ1v) is 7.14. The van der Waals surface area contributed by atoms with Gasteiger partial charge in [-0.25, -0.2) is 4.98 Å². The van der Waals surface area contributed by atoms with Gasteiger partial charge < -0.3 is 14.9 Å². The minimum absolute atomic E-state index is 0.761. The van der Waals surface area contributed by atoms with Gasteiger partial charge in [0, 0.05) is 42.1 Å². The van der Waals surface area contributed by atoms with Crippen LogP contribution in [0.2, 0.25) is 5.02 Å². The summed E-state index contributed by atoms with van der Waals surface area (Å²) in [7, 11) is 0. The highest BCUT2D eigenvalue weighted by atomic mass is 35.5. The highest BCUT2D eigenvalue weighted by Gasteiger charge is 2.07. The van der Waals surface area contributed by atoms with Crippen LogP contribution in [0.5, 0.6) is 0 Å². The fourth-order valence-electron chi connectivity index (χ4n) is 2.30. The lowest BCUT2D eigenvalue weighted by molar-refractivity contribution is 0.578. The molecule has 0 unspecified atom stereocenters. The van der Waals surface area contributed by atoms with E-state index in [-0.39, 0.29) is 0 Å². The molecule has 0 radical (unpaired) electrons. The van der Waals surface area contributed by atoms with E-state index in [1.165, 1.54) is 0 Å². The second-order valence-corrected chi connectivity index (χ2v) is 5.17. The third-order valence-electron chi connectivity index (χ3n) is 3.34. The molecule has 20 heavy (non-hydrogen) atoms. The average molecular weight is 289 g/mol. The molecule has 2 N–H and O–H groups in total. The molecule has 3 rings (SSSR count). The maximum absolute atomic E-state index is 6.37. The van der Waals surface area contributed by atoms with Crippen molar-refractivity contribution in [1.82, 2.24) is 19.9 Å². The van der Waals surface area contributed by atoms with Crippen LogP contribution in [0.15, 0.2) is 43.0 Å². The molecule has 0 aliphatic rings. The summed E-state index contributed by atoms with van der Waals surface area (Å²) in [6, 6.07) is 8.10. The Kier molecular flexibility index (Phi) is 4.04. The van der Waals surface area contributed by atoms with Crippen molar-refractivity contribution in [2.24, 2.45) is 0 Å². The average Bonchev–Trinajstić information content (AvgIpc) is 3.08. The number of rotatable bonds is 6. The Balaban J connectivity index is 1.51. The van der Waals surface area contributed by atoms with Crippen molar-refractivity contribution in [3.63, 3.8) is 0 Å². The molecule has 0 saturated heterocycles. The number of H-pyrrole nitrogens is 1. The number of halogens is 1. The molecule has 0 fully saturated rings. The Labute approximate surface area is 122 Å². The van der Waals surface area contributed by atoms with Gasteiger partial charge in [-0.15, -0.1) is 0 Å². The van der Waals surface area contributed by atoms with Crippen LogP contribution in [0.25, 0.3) is 10.9 Å². The molecule has 0 atom stereocenters. The summed E-state index contributed by atoms with van der Waals surface area (Å²) in [5, 5.41) is 5.33. The molecule has 4 nitrogen and oxygen atoms in total. The van der Waals surface area contributed by atoms with E-state index in [4.69, 9.17) is 11.6 Å². The summed E-state index contributed by atoms with van der Waals surface area (Å²) in [6.45, 7) is 2.69. The lowest BCUT2D eigenvalue weighted by Crippen LogP contribution is -2.16. The molecule has 2 aromatic heterocycles. The normalized spacial score (nSPS) is 11.2. The van der Waals surface area contributed by atoms with Crippen molar-refractivity contribution in [1.29, 1.82) is 0 Å². The first-order chi connectivity index (χ1) is 9.84. The van der Waals surface area contributed by atoms with Gasteiger partial charge in [0.2, 0.25) is 0 Å². The van der Waals surface area contributed by atoms with E-state index >= 15 is 0 Å². The number of fused-ring (bicyclic) bond motifs is 1. The summed E-state index contributed by atoms with van der Waals surface area (Å²) in [4.78, 5) is 7.38. The number of nitrogens with zero attached hydrogens (tertiary/aromatic N) is 2. The monoisotopic (exact) mass is 288 g/mol. The van der Waals surface area contributed by atoms with E-state index in [1.54, 1.807) is 6.20 Å². The van der Waals surface area contributed by atoms with Gasteiger partial charge in [0.1, 0.15) is 0 Å². The van der Waals surface area contributed by atoms with Gasteiger partial charge in [0.15, 0.2) is 0 Å². The number of aromatic nitrogens is 3. The Morgan fingerprint density at radius 1 is 1.30 bits per heavy atom. The maximum Gasteiger partial charge on any atom is 0.0945 e. The predicted molar refractivity (Wildman–Crippen MR) is 81.9 cm³/mol. The van der Waals surface area contributed by atoms with Crippen molar-refractivity contribution >= 4 is 22.5 Å². The fourth-order valence-corrected chi connectivity index (χ4v) is 2.58. The van der Waals surface area contributed by atoms with Crippen molar-refractivity contribution < 1.29 is 0 Å². The second kappa shape index (κ2) is 6.11. The molecule has 0 amide bonds. The lowest BCUT2D eigenvalue weighted by Gasteiger charge is -2.04. The first kappa shape index (κ1) is 13.2. The fraction of sp³-hybridized carbons (Fsp3) is 0.267. The SMILES string of the molecule is Clc1c(CNCCCn2ccnc2)[nH]c2ccccc12. The molecule has 2 heterocycles. The summed E-state index contributed by atoms with van der Waals surface area (Å²) >= 11 is 6.37. The molecule has 5 heteroatoms. The Morgan fingerprint density at radius 3 is 3.00 bits per heavy atom. The minimum Gasteiger partial charge on any atom is -0.356 e. The van der Waals surface area contributed by atoms with Gasteiger partial charge in [-0.3, -0.25) is 0 Å². The summed E-state index contributed by atoms with van der Waals surface area (Å²) in [6.07, 6.45) is 6.69. The van der Waals surface area contributed by atoms with Gasteiger partial charge in [-0.2, -0.15) is 0 Å². The smallest absolute Gasteiger partial charge is 0.0945 e. The zero-order chi connectivity index (χ0) is 13.8. The molecule has 0 aliphatic carbocycles. The maximum atomic E-state index is 6.37. The topological polar surface area (TPSA) is 45.6 Å². The van der Waals surface area contributed by atoms with Crippen LogP contribution in [-0.2, 0) is 13.1 Å². The predicted octanol–water partition coefficient (Wildman–Crippen LogP) is 3.20. The van der Waals surface area contributed by atoms with Crippen molar-refractivity contribution in [2.45, 2.75) is 19.5 Å². The van der Waals surface area contributed by atoms with E-state index < -0.39 is 0 Å². The number of benzene rings is 1. The summed E-state index contributed by atoms with van der Waals surface area (Å²) < 4.78 is 2.08. The molecular weight excluding hydrogens is 272 g/mol. The van der Waals surface area contributed by atoms with Crippen LogP contribution in [0.1, 0.15) is 12.1 Å². The largest absolute Gasteiger partial charge is 0.356 e. The quantitative estimate of drug-likeness (QED) is 0.684. The van der Waals surface area contributed by atoms with Gasteiger partial charge in [-0.1, -0.05) is 29.8 Å². The van der Waals surface area contributed by atoms with Crippen LogP contribution < -0.4 is 5.32 Å². The molecule has 0 saturated carbocycles. The highest BCUT2D eigenvalue weighted by molar-refractivity contribution is 6.36. The summed E-state index contributed by atoms with van der Waals surface area (Å²) in [5.74, 6) is 0. The second-order valence-electron chi connectivity index (χ2n) is 4.79. The lowest BCUT2D eigenvalue weighted by atomic mass is 10.2.